The maximum Gasteiger partial charge on any atom is 0.220 e. The Morgan fingerprint density at radius 1 is 0.929 bits per heavy atom. The zero-order chi connectivity index (χ0) is 19.8. The van der Waals surface area contributed by atoms with Gasteiger partial charge in [-0.3, -0.25) is 4.79 Å². The lowest BCUT2D eigenvalue weighted by atomic mass is 9.81. The molecule has 0 aliphatic heterocycles. The molecule has 0 atom stereocenters. The van der Waals surface area contributed by atoms with Crippen molar-refractivity contribution in [1.82, 2.24) is 9.97 Å². The second kappa shape index (κ2) is 10.4. The predicted molar refractivity (Wildman–Crippen MR) is 114 cm³/mol. The molecule has 150 valence electrons. The average Bonchev–Trinajstić information content (AvgIpc) is 2.74. The quantitative estimate of drug-likeness (QED) is 0.592. The summed E-state index contributed by atoms with van der Waals surface area (Å²) < 4.78 is 0. The van der Waals surface area contributed by atoms with Crippen molar-refractivity contribution in [2.24, 2.45) is 11.7 Å². The molecule has 1 heterocycles. The van der Waals surface area contributed by atoms with E-state index in [0.29, 0.717) is 5.92 Å². The van der Waals surface area contributed by atoms with E-state index in [1.807, 2.05) is 12.4 Å². The highest BCUT2D eigenvalue weighted by atomic mass is 16.1. The van der Waals surface area contributed by atoms with Gasteiger partial charge in [-0.15, -0.1) is 0 Å². The van der Waals surface area contributed by atoms with Gasteiger partial charge in [0.15, 0.2) is 0 Å². The molecular formula is C24H33N3O. The summed E-state index contributed by atoms with van der Waals surface area (Å²) >= 11 is 0. The third-order valence-electron chi connectivity index (χ3n) is 6.02. The van der Waals surface area contributed by atoms with E-state index in [1.165, 1.54) is 43.2 Å². The third kappa shape index (κ3) is 5.63. The van der Waals surface area contributed by atoms with Gasteiger partial charge in [-0.25, -0.2) is 9.97 Å². The van der Waals surface area contributed by atoms with Gasteiger partial charge in [-0.2, -0.15) is 0 Å². The molecular weight excluding hydrogens is 346 g/mol. The van der Waals surface area contributed by atoms with Crippen LogP contribution < -0.4 is 5.73 Å². The van der Waals surface area contributed by atoms with E-state index in [2.05, 4.69) is 41.2 Å². The van der Waals surface area contributed by atoms with Crippen LogP contribution in [0.5, 0.6) is 0 Å². The number of benzene rings is 1. The fourth-order valence-electron chi connectivity index (χ4n) is 4.13. The van der Waals surface area contributed by atoms with Crippen molar-refractivity contribution in [3.05, 3.63) is 48.0 Å². The summed E-state index contributed by atoms with van der Waals surface area (Å²) in [5.41, 5.74) is 9.05. The van der Waals surface area contributed by atoms with Gasteiger partial charge in [0.25, 0.3) is 0 Å². The number of carbonyl (C=O) groups is 1. The number of primary amides is 1. The highest BCUT2D eigenvalue weighted by molar-refractivity contribution is 5.76. The van der Waals surface area contributed by atoms with Crippen LogP contribution >= 0.6 is 0 Å². The fraction of sp³-hybridized carbons (Fsp3) is 0.542. The van der Waals surface area contributed by atoms with Crippen molar-refractivity contribution in [3.8, 4) is 11.1 Å². The molecule has 4 heteroatoms. The maximum absolute atomic E-state index is 11.3. The molecule has 0 unspecified atom stereocenters. The second-order valence-corrected chi connectivity index (χ2v) is 8.14. The Morgan fingerprint density at radius 2 is 1.57 bits per heavy atom. The molecule has 2 aromatic rings. The SMILES string of the molecule is CCCCCCCc1ccc(-c2cnc([C@H]3CC[C@H](C(N)=O)CC3)nc2)cc1. The Labute approximate surface area is 169 Å². The number of aromatic nitrogens is 2. The molecule has 0 bridgehead atoms. The van der Waals surface area contributed by atoms with Crippen LogP contribution in [-0.4, -0.2) is 15.9 Å². The van der Waals surface area contributed by atoms with Crippen LogP contribution in [0.25, 0.3) is 11.1 Å². The maximum atomic E-state index is 11.3. The van der Waals surface area contributed by atoms with Gasteiger partial charge < -0.3 is 5.73 Å². The lowest BCUT2D eigenvalue weighted by Crippen LogP contribution is -2.27. The van der Waals surface area contributed by atoms with Crippen LogP contribution in [-0.2, 0) is 11.2 Å². The summed E-state index contributed by atoms with van der Waals surface area (Å²) in [7, 11) is 0. The first-order chi connectivity index (χ1) is 13.7. The molecule has 3 rings (SSSR count). The molecule has 0 spiro atoms. The van der Waals surface area contributed by atoms with Crippen molar-refractivity contribution < 1.29 is 4.79 Å². The Kier molecular flexibility index (Phi) is 7.58. The number of hydrogen-bond donors (Lipinski definition) is 1. The molecule has 1 aromatic carbocycles. The van der Waals surface area contributed by atoms with Crippen molar-refractivity contribution in [2.75, 3.05) is 0 Å². The highest BCUT2D eigenvalue weighted by Gasteiger charge is 2.26. The standard InChI is InChI=1S/C24H33N3O/c1-2-3-4-5-6-7-18-8-10-19(11-9-18)22-16-26-24(27-17-22)21-14-12-20(13-15-21)23(25)28/h8-11,16-17,20-21H,2-7,12-15H2,1H3,(H2,25,28)/t20-,21-. The van der Waals surface area contributed by atoms with Crippen LogP contribution in [0.4, 0.5) is 0 Å². The number of unbranched alkanes of at least 4 members (excludes halogenated alkanes) is 4. The van der Waals surface area contributed by atoms with Gasteiger partial charge in [0, 0.05) is 29.8 Å². The zero-order valence-corrected chi connectivity index (χ0v) is 17.1. The first-order valence-corrected chi connectivity index (χ1v) is 10.9. The molecule has 1 fully saturated rings. The molecule has 1 amide bonds. The van der Waals surface area contributed by atoms with E-state index in [0.717, 1.165) is 43.5 Å². The summed E-state index contributed by atoms with van der Waals surface area (Å²) in [4.78, 5) is 20.6. The van der Waals surface area contributed by atoms with Crippen molar-refractivity contribution in [2.45, 2.75) is 77.0 Å². The van der Waals surface area contributed by atoms with Gasteiger partial charge in [0.05, 0.1) is 0 Å². The molecule has 4 nitrogen and oxygen atoms in total. The predicted octanol–water partition coefficient (Wildman–Crippen LogP) is 5.42. The minimum Gasteiger partial charge on any atom is -0.369 e. The van der Waals surface area contributed by atoms with Crippen LogP contribution in [0.15, 0.2) is 36.7 Å². The molecule has 2 N–H and O–H groups in total. The number of nitrogens with zero attached hydrogens (tertiary/aromatic N) is 2. The molecule has 0 radical (unpaired) electrons. The van der Waals surface area contributed by atoms with Crippen LogP contribution in [0.2, 0.25) is 0 Å². The minimum atomic E-state index is -0.167. The lowest BCUT2D eigenvalue weighted by molar-refractivity contribution is -0.122. The first-order valence-electron chi connectivity index (χ1n) is 10.9. The molecule has 0 saturated heterocycles. The van der Waals surface area contributed by atoms with Crippen LogP contribution in [0.3, 0.4) is 0 Å². The summed E-state index contributed by atoms with van der Waals surface area (Å²) in [6.07, 6.45) is 15.2. The van der Waals surface area contributed by atoms with E-state index in [1.54, 1.807) is 0 Å². The van der Waals surface area contributed by atoms with Crippen LogP contribution in [0.1, 0.15) is 82.0 Å². The Bertz CT molecular complexity index is 731. The largest absolute Gasteiger partial charge is 0.369 e. The Balaban J connectivity index is 1.53. The van der Waals surface area contributed by atoms with Gasteiger partial charge >= 0.3 is 0 Å². The van der Waals surface area contributed by atoms with E-state index in [-0.39, 0.29) is 11.8 Å². The number of hydrogen-bond acceptors (Lipinski definition) is 3. The normalized spacial score (nSPS) is 19.5. The summed E-state index contributed by atoms with van der Waals surface area (Å²) in [5, 5.41) is 0. The smallest absolute Gasteiger partial charge is 0.220 e. The van der Waals surface area contributed by atoms with E-state index in [9.17, 15) is 4.79 Å². The topological polar surface area (TPSA) is 68.9 Å². The fourth-order valence-corrected chi connectivity index (χ4v) is 4.13. The second-order valence-electron chi connectivity index (χ2n) is 8.14. The van der Waals surface area contributed by atoms with E-state index in [4.69, 9.17) is 5.73 Å². The number of rotatable bonds is 9. The molecule has 1 aliphatic rings. The Morgan fingerprint density at radius 3 is 2.18 bits per heavy atom. The summed E-state index contributed by atoms with van der Waals surface area (Å²) in [6.45, 7) is 2.25. The summed E-state index contributed by atoms with van der Waals surface area (Å²) in [6, 6.07) is 8.82. The number of carbonyl (C=O) groups excluding carboxylic acids is 1. The average molecular weight is 380 g/mol. The van der Waals surface area contributed by atoms with Gasteiger partial charge in [-0.05, 0) is 49.7 Å². The highest BCUT2D eigenvalue weighted by Crippen LogP contribution is 2.34. The monoisotopic (exact) mass is 379 g/mol. The van der Waals surface area contributed by atoms with Crippen molar-refractivity contribution in [3.63, 3.8) is 0 Å². The third-order valence-corrected chi connectivity index (χ3v) is 6.02. The van der Waals surface area contributed by atoms with Gasteiger partial charge in [0.1, 0.15) is 5.82 Å². The van der Waals surface area contributed by atoms with Crippen molar-refractivity contribution in [1.29, 1.82) is 0 Å². The molecule has 28 heavy (non-hydrogen) atoms. The van der Waals surface area contributed by atoms with E-state index >= 15 is 0 Å². The van der Waals surface area contributed by atoms with Crippen molar-refractivity contribution >= 4 is 5.91 Å². The summed E-state index contributed by atoms with van der Waals surface area (Å²) in [5.74, 6) is 1.11. The molecule has 1 aliphatic carbocycles. The number of aryl methyl sites for hydroxylation is 1. The van der Waals surface area contributed by atoms with Gasteiger partial charge in [0.2, 0.25) is 5.91 Å². The first kappa shape index (κ1) is 20.5. The van der Waals surface area contributed by atoms with Gasteiger partial charge in [-0.1, -0.05) is 56.9 Å². The van der Waals surface area contributed by atoms with Crippen LogP contribution in [0, 0.1) is 5.92 Å². The minimum absolute atomic E-state index is 0.0284. The molecule has 1 saturated carbocycles. The number of nitrogens with two attached hydrogens (primary N) is 1. The number of amides is 1. The zero-order valence-electron chi connectivity index (χ0n) is 17.1. The Hall–Kier alpha value is -2.23. The lowest BCUT2D eigenvalue weighted by Gasteiger charge is -2.25. The van der Waals surface area contributed by atoms with E-state index < -0.39 is 0 Å². The molecule has 1 aromatic heterocycles.